The van der Waals surface area contributed by atoms with Crippen molar-refractivity contribution in [1.82, 2.24) is 9.97 Å². The smallest absolute Gasteiger partial charge is 0.128 e. The highest BCUT2D eigenvalue weighted by Gasteiger charge is 2.16. The summed E-state index contributed by atoms with van der Waals surface area (Å²) in [5.41, 5.74) is 16.4. The van der Waals surface area contributed by atoms with Crippen molar-refractivity contribution in [3.05, 3.63) is 40.0 Å². The van der Waals surface area contributed by atoms with Gasteiger partial charge in [-0.15, -0.1) is 11.3 Å². The highest BCUT2D eigenvalue weighted by Crippen LogP contribution is 2.25. The Bertz CT molecular complexity index is 432. The van der Waals surface area contributed by atoms with E-state index in [1.807, 2.05) is 18.4 Å². The van der Waals surface area contributed by atoms with Gasteiger partial charge in [0.15, 0.2) is 0 Å². The van der Waals surface area contributed by atoms with Crippen LogP contribution in [-0.4, -0.2) is 9.97 Å². The summed E-state index contributed by atoms with van der Waals surface area (Å²) in [5, 5.41) is 1.93. The predicted octanol–water partition coefficient (Wildman–Crippen LogP) is 1.48. The SMILES string of the molecule is Cc1ccnc(N)c1C(N)c1cscn1. The number of nitrogens with zero attached hydrogens (tertiary/aromatic N) is 2. The van der Waals surface area contributed by atoms with Gasteiger partial charge in [0.1, 0.15) is 5.82 Å². The van der Waals surface area contributed by atoms with Crippen molar-refractivity contribution in [2.75, 3.05) is 5.73 Å². The summed E-state index contributed by atoms with van der Waals surface area (Å²) < 4.78 is 0. The van der Waals surface area contributed by atoms with Gasteiger partial charge in [-0.05, 0) is 18.6 Å². The molecule has 0 bridgehead atoms. The molecule has 2 aromatic heterocycles. The fourth-order valence-electron chi connectivity index (χ4n) is 1.52. The molecular formula is C10H12N4S. The van der Waals surface area contributed by atoms with Crippen LogP contribution in [0.25, 0.3) is 0 Å². The second-order valence-electron chi connectivity index (χ2n) is 3.32. The van der Waals surface area contributed by atoms with Crippen LogP contribution in [-0.2, 0) is 0 Å². The highest BCUT2D eigenvalue weighted by molar-refractivity contribution is 7.07. The maximum atomic E-state index is 6.09. The van der Waals surface area contributed by atoms with E-state index in [0.29, 0.717) is 5.82 Å². The summed E-state index contributed by atoms with van der Waals surface area (Å²) in [5.74, 6) is 0.482. The molecule has 5 heteroatoms. The fourth-order valence-corrected chi connectivity index (χ4v) is 2.11. The number of rotatable bonds is 2. The van der Waals surface area contributed by atoms with Crippen molar-refractivity contribution in [2.24, 2.45) is 5.73 Å². The minimum absolute atomic E-state index is 0.287. The lowest BCUT2D eigenvalue weighted by molar-refractivity contribution is 0.827. The Labute approximate surface area is 92.0 Å². The molecule has 0 aliphatic carbocycles. The molecule has 2 aromatic rings. The summed E-state index contributed by atoms with van der Waals surface area (Å²) >= 11 is 1.52. The zero-order valence-corrected chi connectivity index (χ0v) is 9.16. The van der Waals surface area contributed by atoms with Gasteiger partial charge in [-0.2, -0.15) is 0 Å². The largest absolute Gasteiger partial charge is 0.383 e. The number of pyridine rings is 1. The first-order chi connectivity index (χ1) is 7.20. The van der Waals surface area contributed by atoms with E-state index in [-0.39, 0.29) is 6.04 Å². The molecule has 4 nitrogen and oxygen atoms in total. The Morgan fingerprint density at radius 1 is 1.40 bits per heavy atom. The molecule has 0 saturated heterocycles. The van der Waals surface area contributed by atoms with E-state index in [1.54, 1.807) is 11.7 Å². The van der Waals surface area contributed by atoms with E-state index < -0.39 is 0 Å². The average Bonchev–Trinajstić information content (AvgIpc) is 2.69. The number of anilines is 1. The van der Waals surface area contributed by atoms with E-state index in [4.69, 9.17) is 11.5 Å². The normalized spacial score (nSPS) is 12.7. The van der Waals surface area contributed by atoms with Gasteiger partial charge in [-0.25, -0.2) is 9.97 Å². The zero-order valence-electron chi connectivity index (χ0n) is 8.34. The summed E-state index contributed by atoms with van der Waals surface area (Å²) in [7, 11) is 0. The molecule has 2 rings (SSSR count). The predicted molar refractivity (Wildman–Crippen MR) is 61.5 cm³/mol. The van der Waals surface area contributed by atoms with Crippen LogP contribution in [0, 0.1) is 6.92 Å². The zero-order chi connectivity index (χ0) is 10.8. The van der Waals surface area contributed by atoms with Gasteiger partial charge in [0.05, 0.1) is 17.2 Å². The molecule has 15 heavy (non-hydrogen) atoms. The van der Waals surface area contributed by atoms with Crippen molar-refractivity contribution < 1.29 is 0 Å². The first-order valence-electron chi connectivity index (χ1n) is 4.55. The highest BCUT2D eigenvalue weighted by atomic mass is 32.1. The Hall–Kier alpha value is -1.46. The van der Waals surface area contributed by atoms with Gasteiger partial charge >= 0.3 is 0 Å². The minimum Gasteiger partial charge on any atom is -0.383 e. The third-order valence-electron chi connectivity index (χ3n) is 2.32. The molecule has 0 aromatic carbocycles. The van der Waals surface area contributed by atoms with Gasteiger partial charge in [0.2, 0.25) is 0 Å². The second kappa shape index (κ2) is 3.96. The van der Waals surface area contributed by atoms with Gasteiger partial charge < -0.3 is 11.5 Å². The molecular weight excluding hydrogens is 208 g/mol. The number of nitrogens with two attached hydrogens (primary N) is 2. The van der Waals surface area contributed by atoms with E-state index in [9.17, 15) is 0 Å². The van der Waals surface area contributed by atoms with Crippen molar-refractivity contribution in [3.8, 4) is 0 Å². The molecule has 2 heterocycles. The van der Waals surface area contributed by atoms with Crippen molar-refractivity contribution in [1.29, 1.82) is 0 Å². The molecule has 0 fully saturated rings. The van der Waals surface area contributed by atoms with Gasteiger partial charge in [-0.1, -0.05) is 0 Å². The molecule has 4 N–H and O–H groups in total. The maximum absolute atomic E-state index is 6.09. The topological polar surface area (TPSA) is 77.8 Å². The average molecular weight is 220 g/mol. The number of aryl methyl sites for hydroxylation is 1. The van der Waals surface area contributed by atoms with Crippen molar-refractivity contribution in [3.63, 3.8) is 0 Å². The lowest BCUT2D eigenvalue weighted by Gasteiger charge is -2.14. The Morgan fingerprint density at radius 3 is 2.80 bits per heavy atom. The van der Waals surface area contributed by atoms with Crippen LogP contribution in [0.15, 0.2) is 23.2 Å². The van der Waals surface area contributed by atoms with Crippen molar-refractivity contribution in [2.45, 2.75) is 13.0 Å². The summed E-state index contributed by atoms with van der Waals surface area (Å²) in [6.07, 6.45) is 1.68. The monoisotopic (exact) mass is 220 g/mol. The maximum Gasteiger partial charge on any atom is 0.128 e. The molecule has 0 aliphatic rings. The molecule has 1 unspecified atom stereocenters. The van der Waals surface area contributed by atoms with Crippen LogP contribution >= 0.6 is 11.3 Å². The number of aromatic nitrogens is 2. The molecule has 0 spiro atoms. The lowest BCUT2D eigenvalue weighted by Crippen LogP contribution is -2.16. The molecule has 1 atom stereocenters. The first kappa shape index (κ1) is 10.1. The quantitative estimate of drug-likeness (QED) is 0.803. The third kappa shape index (κ3) is 1.84. The van der Waals surface area contributed by atoms with E-state index >= 15 is 0 Å². The molecule has 0 aliphatic heterocycles. The van der Waals surface area contributed by atoms with Gasteiger partial charge in [-0.3, -0.25) is 0 Å². The molecule has 0 radical (unpaired) electrons. The second-order valence-corrected chi connectivity index (χ2v) is 4.04. The molecule has 78 valence electrons. The number of nitrogen functional groups attached to an aromatic ring is 1. The van der Waals surface area contributed by atoms with Gasteiger partial charge in [0.25, 0.3) is 0 Å². The van der Waals surface area contributed by atoms with Gasteiger partial charge in [0, 0.05) is 17.1 Å². The fraction of sp³-hybridized carbons (Fsp3) is 0.200. The van der Waals surface area contributed by atoms with Crippen LogP contribution < -0.4 is 11.5 Å². The number of hydrogen-bond donors (Lipinski definition) is 2. The standard InChI is InChI=1S/C10H12N4S/c1-6-2-3-13-10(12)8(6)9(11)7-4-15-5-14-7/h2-5,9H,11H2,1H3,(H2,12,13). The van der Waals surface area contributed by atoms with Crippen LogP contribution in [0.5, 0.6) is 0 Å². The lowest BCUT2D eigenvalue weighted by atomic mass is 10.0. The van der Waals surface area contributed by atoms with Crippen LogP contribution in [0.3, 0.4) is 0 Å². The van der Waals surface area contributed by atoms with Crippen molar-refractivity contribution >= 4 is 17.2 Å². The minimum atomic E-state index is -0.287. The van der Waals surface area contributed by atoms with E-state index in [0.717, 1.165) is 16.8 Å². The van der Waals surface area contributed by atoms with E-state index in [2.05, 4.69) is 9.97 Å². The van der Waals surface area contributed by atoms with Crippen LogP contribution in [0.2, 0.25) is 0 Å². The Balaban J connectivity index is 2.46. The van der Waals surface area contributed by atoms with E-state index in [1.165, 1.54) is 11.3 Å². The van der Waals surface area contributed by atoms with Crippen LogP contribution in [0.4, 0.5) is 5.82 Å². The summed E-state index contributed by atoms with van der Waals surface area (Å²) in [6, 6.07) is 1.61. The third-order valence-corrected chi connectivity index (χ3v) is 2.92. The molecule has 0 amide bonds. The molecule has 0 saturated carbocycles. The van der Waals surface area contributed by atoms with Crippen LogP contribution in [0.1, 0.15) is 22.9 Å². The Morgan fingerprint density at radius 2 is 2.20 bits per heavy atom. The summed E-state index contributed by atoms with van der Waals surface area (Å²) in [6.45, 7) is 1.97. The number of hydrogen-bond acceptors (Lipinski definition) is 5. The Kier molecular flexibility index (Phi) is 2.66. The summed E-state index contributed by atoms with van der Waals surface area (Å²) in [4.78, 5) is 8.23. The first-order valence-corrected chi connectivity index (χ1v) is 5.49. The number of thiazole rings is 1.